The van der Waals surface area contributed by atoms with Crippen LogP contribution < -0.4 is 15.4 Å². The summed E-state index contributed by atoms with van der Waals surface area (Å²) in [6, 6.07) is 5.63. The molecule has 0 radical (unpaired) electrons. The molecule has 4 heterocycles. The predicted molar refractivity (Wildman–Crippen MR) is 127 cm³/mol. The quantitative estimate of drug-likeness (QED) is 0.425. The predicted octanol–water partition coefficient (Wildman–Crippen LogP) is 1.68. The van der Waals surface area contributed by atoms with Gasteiger partial charge >= 0.3 is 0 Å². The Balaban J connectivity index is 1.46. The summed E-state index contributed by atoms with van der Waals surface area (Å²) in [7, 11) is 3.40. The molecule has 0 bridgehead atoms. The molecule has 2 aromatic rings. The van der Waals surface area contributed by atoms with Crippen molar-refractivity contribution in [3.8, 4) is 11.9 Å². The molecule has 0 aromatic carbocycles. The fourth-order valence-corrected chi connectivity index (χ4v) is 3.86. The van der Waals surface area contributed by atoms with Gasteiger partial charge in [0.2, 0.25) is 11.8 Å². The summed E-state index contributed by atoms with van der Waals surface area (Å²) in [5.41, 5.74) is 4.29. The number of rotatable bonds is 7. The monoisotopic (exact) mass is 458 g/mol. The number of nitriles is 1. The van der Waals surface area contributed by atoms with Gasteiger partial charge in [-0.25, -0.2) is 4.98 Å². The Hall–Kier alpha value is -4.39. The number of pyridine rings is 1. The van der Waals surface area contributed by atoms with Crippen LogP contribution in [0.1, 0.15) is 24.0 Å². The lowest BCUT2D eigenvalue weighted by atomic mass is 9.97. The second kappa shape index (κ2) is 9.62. The average Bonchev–Trinajstić information content (AvgIpc) is 3.28. The number of nitrogens with one attached hydrogen (secondary N) is 3. The normalized spacial score (nSPS) is 17.9. The van der Waals surface area contributed by atoms with Gasteiger partial charge in [0.25, 0.3) is 0 Å². The number of carbonyl (C=O) groups is 1. The van der Waals surface area contributed by atoms with Gasteiger partial charge in [-0.15, -0.1) is 0 Å². The van der Waals surface area contributed by atoms with E-state index in [1.165, 1.54) is 0 Å². The van der Waals surface area contributed by atoms with E-state index in [4.69, 9.17) is 10.1 Å². The molecular weight excluding hydrogens is 432 g/mol. The maximum atomic E-state index is 12.8. The SMILES string of the molecule is COc1ccc(C(C)C(=O)NC2CN(C3=CC(c4cnn(C)c4)=CN/C3=C(/C#N)C=N)C2)cn1. The van der Waals surface area contributed by atoms with E-state index in [9.17, 15) is 10.1 Å². The minimum atomic E-state index is -0.346. The van der Waals surface area contributed by atoms with Crippen molar-refractivity contribution in [2.24, 2.45) is 7.05 Å². The lowest BCUT2D eigenvalue weighted by Gasteiger charge is -2.44. The first-order valence-corrected chi connectivity index (χ1v) is 10.8. The number of ether oxygens (including phenoxy) is 1. The van der Waals surface area contributed by atoms with Gasteiger partial charge in [0.15, 0.2) is 0 Å². The molecule has 1 amide bonds. The molecule has 2 aromatic heterocycles. The van der Waals surface area contributed by atoms with Crippen LogP contribution in [0.15, 0.2) is 60.0 Å². The van der Waals surface area contributed by atoms with Crippen molar-refractivity contribution >= 4 is 17.7 Å². The summed E-state index contributed by atoms with van der Waals surface area (Å²) in [4.78, 5) is 19.0. The third kappa shape index (κ3) is 4.54. The molecule has 0 aliphatic carbocycles. The minimum absolute atomic E-state index is 0.0263. The summed E-state index contributed by atoms with van der Waals surface area (Å²) in [5.74, 6) is 0.0866. The third-order valence-corrected chi connectivity index (χ3v) is 5.92. The fourth-order valence-electron chi connectivity index (χ4n) is 3.86. The molecule has 2 aliphatic rings. The number of amides is 1. The van der Waals surface area contributed by atoms with Crippen LogP contribution in [0.25, 0.3) is 5.57 Å². The Morgan fingerprint density at radius 1 is 1.41 bits per heavy atom. The summed E-state index contributed by atoms with van der Waals surface area (Å²) in [6.45, 7) is 3.03. The highest BCUT2D eigenvalue weighted by Crippen LogP contribution is 2.30. The Morgan fingerprint density at radius 2 is 2.21 bits per heavy atom. The van der Waals surface area contributed by atoms with Gasteiger partial charge in [-0.3, -0.25) is 9.48 Å². The number of dihydropyridines is 1. The Kier molecular flexibility index (Phi) is 6.45. The average molecular weight is 459 g/mol. The van der Waals surface area contributed by atoms with E-state index in [0.29, 0.717) is 24.7 Å². The Morgan fingerprint density at radius 3 is 2.79 bits per heavy atom. The zero-order valence-electron chi connectivity index (χ0n) is 19.2. The fraction of sp³-hybridized carbons (Fsp3) is 0.292. The molecule has 34 heavy (non-hydrogen) atoms. The number of likely N-dealkylation sites (tertiary alicyclic amines) is 1. The molecule has 3 N–H and O–H groups in total. The topological polar surface area (TPSA) is 132 Å². The number of methoxy groups -OCH3 is 1. The molecule has 4 rings (SSSR count). The molecule has 1 saturated heterocycles. The number of allylic oxidation sites excluding steroid dienone is 3. The van der Waals surface area contributed by atoms with Crippen LogP contribution in [0.4, 0.5) is 0 Å². The summed E-state index contributed by atoms with van der Waals surface area (Å²) in [5, 5.41) is 27.6. The van der Waals surface area contributed by atoms with Gasteiger partial charge in [0.05, 0.1) is 42.2 Å². The number of aromatic nitrogens is 3. The molecule has 1 unspecified atom stereocenters. The highest BCUT2D eigenvalue weighted by Gasteiger charge is 2.33. The van der Waals surface area contributed by atoms with Crippen LogP contribution in [0.5, 0.6) is 5.88 Å². The van der Waals surface area contributed by atoms with Crippen LogP contribution in [-0.2, 0) is 11.8 Å². The van der Waals surface area contributed by atoms with E-state index in [1.54, 1.807) is 36.5 Å². The van der Waals surface area contributed by atoms with Gasteiger partial charge < -0.3 is 25.7 Å². The van der Waals surface area contributed by atoms with Gasteiger partial charge in [-0.05, 0) is 18.6 Å². The van der Waals surface area contributed by atoms with Crippen molar-refractivity contribution in [2.45, 2.75) is 18.9 Å². The van der Waals surface area contributed by atoms with Gasteiger partial charge in [0.1, 0.15) is 6.07 Å². The highest BCUT2D eigenvalue weighted by molar-refractivity contribution is 5.86. The smallest absolute Gasteiger partial charge is 0.227 e. The van der Waals surface area contributed by atoms with E-state index in [0.717, 1.165) is 28.6 Å². The van der Waals surface area contributed by atoms with Crippen LogP contribution >= 0.6 is 0 Å². The molecule has 10 heteroatoms. The van der Waals surface area contributed by atoms with Gasteiger partial charge in [0, 0.05) is 62.1 Å². The molecule has 1 fully saturated rings. The maximum Gasteiger partial charge on any atom is 0.227 e. The van der Waals surface area contributed by atoms with E-state index >= 15 is 0 Å². The van der Waals surface area contributed by atoms with Crippen molar-refractivity contribution in [3.05, 3.63) is 71.1 Å². The standard InChI is InChI=1S/C24H26N8O2/c1-15(16-4-5-22(34-3)27-9-16)24(33)30-20-13-32(14-20)21-6-17(19-11-29-31(2)12-19)10-28-23(21)18(7-25)8-26/h4-7,9-12,15,20,25,28H,13-14H2,1-3H3,(H,30,33)/b23-18+,25-7?. The highest BCUT2D eigenvalue weighted by atomic mass is 16.5. The van der Waals surface area contributed by atoms with Crippen LogP contribution in [0, 0.1) is 16.7 Å². The largest absolute Gasteiger partial charge is 0.481 e. The second-order valence-corrected chi connectivity index (χ2v) is 8.19. The Labute approximate surface area is 197 Å². The molecule has 174 valence electrons. The van der Waals surface area contributed by atoms with Crippen molar-refractivity contribution in [1.82, 2.24) is 30.3 Å². The van der Waals surface area contributed by atoms with E-state index in [1.807, 2.05) is 32.3 Å². The first-order chi connectivity index (χ1) is 16.4. The van der Waals surface area contributed by atoms with Crippen LogP contribution in [-0.4, -0.2) is 58.0 Å². The van der Waals surface area contributed by atoms with E-state index in [-0.39, 0.29) is 23.4 Å². The molecular formula is C24H26N8O2. The number of hydrogen-bond donors (Lipinski definition) is 3. The summed E-state index contributed by atoms with van der Waals surface area (Å²) >= 11 is 0. The molecule has 0 spiro atoms. The van der Waals surface area contributed by atoms with E-state index < -0.39 is 0 Å². The lowest BCUT2D eigenvalue weighted by Crippen LogP contribution is -2.59. The lowest BCUT2D eigenvalue weighted by molar-refractivity contribution is -0.123. The molecule has 1 atom stereocenters. The molecule has 2 aliphatic heterocycles. The third-order valence-electron chi connectivity index (χ3n) is 5.92. The van der Waals surface area contributed by atoms with Crippen molar-refractivity contribution in [2.75, 3.05) is 20.2 Å². The van der Waals surface area contributed by atoms with Gasteiger partial charge in [-0.1, -0.05) is 6.07 Å². The van der Waals surface area contributed by atoms with Crippen LogP contribution in [0.2, 0.25) is 0 Å². The number of nitrogens with zero attached hydrogens (tertiary/aromatic N) is 5. The first kappa shape index (κ1) is 22.8. The van der Waals surface area contributed by atoms with Crippen molar-refractivity contribution < 1.29 is 9.53 Å². The number of hydrogen-bond acceptors (Lipinski definition) is 8. The zero-order chi connectivity index (χ0) is 24.2. The maximum absolute atomic E-state index is 12.8. The Bertz CT molecular complexity index is 1230. The van der Waals surface area contributed by atoms with Crippen molar-refractivity contribution in [3.63, 3.8) is 0 Å². The second-order valence-electron chi connectivity index (χ2n) is 8.19. The van der Waals surface area contributed by atoms with Gasteiger partial charge in [-0.2, -0.15) is 10.4 Å². The zero-order valence-corrected chi connectivity index (χ0v) is 19.2. The first-order valence-electron chi connectivity index (χ1n) is 10.8. The van der Waals surface area contributed by atoms with E-state index in [2.05, 4.69) is 31.7 Å². The minimum Gasteiger partial charge on any atom is -0.481 e. The summed E-state index contributed by atoms with van der Waals surface area (Å²) in [6.07, 6.45) is 10.2. The van der Waals surface area contributed by atoms with Crippen LogP contribution in [0.3, 0.4) is 0 Å². The number of carbonyl (C=O) groups excluding carboxylic acids is 1. The number of aryl methyl sites for hydroxylation is 1. The molecule has 0 saturated carbocycles. The molecule has 10 nitrogen and oxygen atoms in total. The summed E-state index contributed by atoms with van der Waals surface area (Å²) < 4.78 is 6.80. The van der Waals surface area contributed by atoms with Crippen molar-refractivity contribution in [1.29, 1.82) is 10.7 Å².